The van der Waals surface area contributed by atoms with E-state index in [9.17, 15) is 4.79 Å². The first kappa shape index (κ1) is 20.2. The van der Waals surface area contributed by atoms with Crippen molar-refractivity contribution in [3.05, 3.63) is 60.2 Å². The number of nitrogens with zero attached hydrogens (tertiary/aromatic N) is 8. The molecule has 1 saturated heterocycles. The Morgan fingerprint density at radius 2 is 1.56 bits per heavy atom. The Morgan fingerprint density at radius 3 is 2.31 bits per heavy atom. The van der Waals surface area contributed by atoms with Gasteiger partial charge in [0.1, 0.15) is 18.0 Å². The highest BCUT2D eigenvalue weighted by atomic mass is 16.2. The van der Waals surface area contributed by atoms with Crippen LogP contribution in [0.15, 0.2) is 49.1 Å². The van der Waals surface area contributed by atoms with Crippen molar-refractivity contribution in [3.8, 4) is 0 Å². The van der Waals surface area contributed by atoms with E-state index in [-0.39, 0.29) is 12.5 Å². The first-order valence-electron chi connectivity index (χ1n) is 10.8. The second-order valence-electron chi connectivity index (χ2n) is 8.20. The Labute approximate surface area is 187 Å². The van der Waals surface area contributed by atoms with Gasteiger partial charge in [0.2, 0.25) is 11.9 Å². The third-order valence-corrected chi connectivity index (χ3v) is 5.98. The maximum Gasteiger partial charge on any atom is 0.246 e. The lowest BCUT2D eigenvalue weighted by Crippen LogP contribution is -2.47. The second kappa shape index (κ2) is 8.41. The number of likely N-dealkylation sites (N-methyl/N-ethyl adjacent to an activating group) is 1. The zero-order valence-corrected chi connectivity index (χ0v) is 18.3. The van der Waals surface area contributed by atoms with Gasteiger partial charge in [-0.3, -0.25) is 4.79 Å². The van der Waals surface area contributed by atoms with Crippen LogP contribution in [0.4, 0.5) is 23.3 Å². The van der Waals surface area contributed by atoms with Crippen LogP contribution in [0, 0.1) is 6.92 Å². The van der Waals surface area contributed by atoms with E-state index in [1.807, 2.05) is 54.1 Å². The summed E-state index contributed by atoms with van der Waals surface area (Å²) in [6.07, 6.45) is 5.14. The minimum absolute atomic E-state index is 0.0492. The summed E-state index contributed by atoms with van der Waals surface area (Å²) >= 11 is 0. The molecule has 3 aromatic rings. The quantitative estimate of drug-likeness (QED) is 0.623. The van der Waals surface area contributed by atoms with E-state index < -0.39 is 0 Å². The molecule has 0 spiro atoms. The molecular weight excluding hydrogens is 404 g/mol. The normalized spacial score (nSPS) is 16.8. The van der Waals surface area contributed by atoms with E-state index >= 15 is 0 Å². The number of aromatic nitrogens is 4. The van der Waals surface area contributed by atoms with Crippen LogP contribution in [0.2, 0.25) is 0 Å². The molecular formula is C23H26N8O. The van der Waals surface area contributed by atoms with Crippen molar-refractivity contribution < 1.29 is 4.79 Å². The number of aryl methyl sites for hydroxylation is 1. The fourth-order valence-corrected chi connectivity index (χ4v) is 4.35. The number of fused-ring (bicyclic) bond motifs is 1. The van der Waals surface area contributed by atoms with Crippen LogP contribution < -0.4 is 19.6 Å². The van der Waals surface area contributed by atoms with Gasteiger partial charge in [0.15, 0.2) is 0 Å². The molecule has 0 atom stereocenters. The van der Waals surface area contributed by atoms with E-state index in [1.54, 1.807) is 18.7 Å². The Morgan fingerprint density at radius 1 is 0.844 bits per heavy atom. The predicted molar refractivity (Wildman–Crippen MR) is 124 cm³/mol. The highest BCUT2D eigenvalue weighted by Crippen LogP contribution is 2.32. The molecule has 2 aromatic heterocycles. The lowest BCUT2D eigenvalue weighted by molar-refractivity contribution is -0.117. The Hall–Kier alpha value is -3.75. The average Bonchev–Trinajstić information content (AvgIpc) is 2.95. The molecule has 9 nitrogen and oxygen atoms in total. The largest absolute Gasteiger partial charge is 0.353 e. The maximum atomic E-state index is 13.1. The van der Waals surface area contributed by atoms with E-state index in [0.29, 0.717) is 6.54 Å². The monoisotopic (exact) mass is 430 g/mol. The molecule has 0 aliphatic carbocycles. The van der Waals surface area contributed by atoms with Crippen LogP contribution >= 0.6 is 0 Å². The fraction of sp³-hybridized carbons (Fsp3) is 0.348. The molecule has 4 heterocycles. The van der Waals surface area contributed by atoms with E-state index in [1.165, 1.54) is 0 Å². The number of piperazine rings is 1. The second-order valence-corrected chi connectivity index (χ2v) is 8.20. The molecule has 0 N–H and O–H groups in total. The highest BCUT2D eigenvalue weighted by Gasteiger charge is 2.30. The predicted octanol–water partition coefficient (Wildman–Crippen LogP) is 1.88. The molecule has 0 bridgehead atoms. The molecule has 2 aliphatic heterocycles. The van der Waals surface area contributed by atoms with Gasteiger partial charge in [-0.05, 0) is 30.7 Å². The van der Waals surface area contributed by atoms with Gasteiger partial charge in [0.25, 0.3) is 0 Å². The van der Waals surface area contributed by atoms with E-state index in [4.69, 9.17) is 0 Å². The molecule has 1 amide bonds. The Kier molecular flexibility index (Phi) is 5.30. The zero-order valence-electron chi connectivity index (χ0n) is 18.3. The van der Waals surface area contributed by atoms with Gasteiger partial charge in [-0.15, -0.1) is 0 Å². The summed E-state index contributed by atoms with van der Waals surface area (Å²) < 4.78 is 0. The number of rotatable bonds is 3. The number of hydrogen-bond acceptors (Lipinski definition) is 8. The molecule has 1 fully saturated rings. The third-order valence-electron chi connectivity index (χ3n) is 5.98. The van der Waals surface area contributed by atoms with Gasteiger partial charge < -0.3 is 19.6 Å². The zero-order chi connectivity index (χ0) is 22.1. The summed E-state index contributed by atoms with van der Waals surface area (Å²) in [6, 6.07) is 9.88. The van der Waals surface area contributed by atoms with Crippen molar-refractivity contribution in [3.63, 3.8) is 0 Å². The minimum atomic E-state index is 0.0492. The summed E-state index contributed by atoms with van der Waals surface area (Å²) in [5, 5.41) is 0. The van der Waals surface area contributed by atoms with E-state index in [2.05, 4.69) is 29.7 Å². The third kappa shape index (κ3) is 3.81. The van der Waals surface area contributed by atoms with Crippen molar-refractivity contribution in [1.82, 2.24) is 19.9 Å². The van der Waals surface area contributed by atoms with Gasteiger partial charge in [-0.1, -0.05) is 12.1 Å². The van der Waals surface area contributed by atoms with Crippen LogP contribution in [0.3, 0.4) is 0 Å². The van der Waals surface area contributed by atoms with Crippen molar-refractivity contribution in [2.24, 2.45) is 0 Å². The summed E-state index contributed by atoms with van der Waals surface area (Å²) in [7, 11) is 1.91. The minimum Gasteiger partial charge on any atom is -0.353 e. The number of amides is 1. The summed E-state index contributed by atoms with van der Waals surface area (Å²) in [5.74, 6) is 2.51. The summed E-state index contributed by atoms with van der Waals surface area (Å²) in [6.45, 7) is 5.96. The van der Waals surface area contributed by atoms with Gasteiger partial charge in [0, 0.05) is 51.3 Å². The average molecular weight is 431 g/mol. The molecule has 0 saturated carbocycles. The summed E-state index contributed by atoms with van der Waals surface area (Å²) in [4.78, 5) is 39.3. The number of carbonyl (C=O) groups excluding carboxylic acids is 1. The van der Waals surface area contributed by atoms with Crippen LogP contribution in [0.5, 0.6) is 0 Å². The number of anilines is 4. The number of benzene rings is 1. The molecule has 1 aromatic carbocycles. The van der Waals surface area contributed by atoms with Crippen molar-refractivity contribution >= 4 is 29.2 Å². The number of hydrogen-bond donors (Lipinski definition) is 0. The molecule has 32 heavy (non-hydrogen) atoms. The topological polar surface area (TPSA) is 81.6 Å². The van der Waals surface area contributed by atoms with Crippen LogP contribution in [0.25, 0.3) is 0 Å². The highest BCUT2D eigenvalue weighted by molar-refractivity contribution is 5.98. The van der Waals surface area contributed by atoms with Crippen LogP contribution in [0.1, 0.15) is 11.1 Å². The molecule has 2 aliphatic rings. The molecule has 164 valence electrons. The molecule has 5 rings (SSSR count). The Bertz CT molecular complexity index is 1110. The first-order valence-corrected chi connectivity index (χ1v) is 10.8. The molecule has 0 radical (unpaired) electrons. The molecule has 9 heteroatoms. The van der Waals surface area contributed by atoms with Crippen LogP contribution in [-0.2, 0) is 11.3 Å². The van der Waals surface area contributed by atoms with Gasteiger partial charge >= 0.3 is 0 Å². The van der Waals surface area contributed by atoms with Crippen molar-refractivity contribution in [1.29, 1.82) is 0 Å². The smallest absolute Gasteiger partial charge is 0.246 e. The standard InChI is InChI=1S/C23H26N8O/c1-17-5-3-6-18(13-17)31-14-19-21(28(2)15-20(31)32)26-16-27-22(19)29-9-11-30(12-10-29)23-24-7-4-8-25-23/h3-8,13,16H,9-12,14-15H2,1-2H3. The van der Waals surface area contributed by atoms with E-state index in [0.717, 1.165) is 60.6 Å². The lowest BCUT2D eigenvalue weighted by Gasteiger charge is -2.36. The first-order chi connectivity index (χ1) is 15.6. The maximum absolute atomic E-state index is 13.1. The van der Waals surface area contributed by atoms with Crippen molar-refractivity contribution in [2.45, 2.75) is 13.5 Å². The van der Waals surface area contributed by atoms with Gasteiger partial charge in [-0.2, -0.15) is 0 Å². The number of carbonyl (C=O) groups is 1. The fourth-order valence-electron chi connectivity index (χ4n) is 4.35. The molecule has 0 unspecified atom stereocenters. The Balaban J connectivity index is 1.44. The lowest BCUT2D eigenvalue weighted by atomic mass is 10.1. The van der Waals surface area contributed by atoms with Crippen molar-refractivity contribution in [2.75, 3.05) is 59.4 Å². The summed E-state index contributed by atoms with van der Waals surface area (Å²) in [5.41, 5.74) is 3.00. The van der Waals surface area contributed by atoms with Crippen LogP contribution in [-0.4, -0.2) is 65.6 Å². The van der Waals surface area contributed by atoms with Gasteiger partial charge in [-0.25, -0.2) is 19.9 Å². The van der Waals surface area contributed by atoms with Gasteiger partial charge in [0.05, 0.1) is 18.7 Å². The SMILES string of the molecule is Cc1cccc(N2Cc3c(ncnc3N3CCN(c4ncccn4)CC3)N(C)CC2=O)c1.